The Bertz CT molecular complexity index is 835. The minimum atomic E-state index is -0.351. The lowest BCUT2D eigenvalue weighted by molar-refractivity contribution is -0.141. The van der Waals surface area contributed by atoms with E-state index in [9.17, 15) is 9.59 Å². The van der Waals surface area contributed by atoms with Crippen molar-refractivity contribution in [2.24, 2.45) is 0 Å². The van der Waals surface area contributed by atoms with Crippen LogP contribution in [0.3, 0.4) is 0 Å². The average molecular weight is 369 g/mol. The van der Waals surface area contributed by atoms with Gasteiger partial charge < -0.3 is 10.1 Å². The Labute approximate surface area is 160 Å². The maximum absolute atomic E-state index is 12.1. The summed E-state index contributed by atoms with van der Waals surface area (Å²) in [6.07, 6.45) is 3.38. The minimum absolute atomic E-state index is 0.141. The number of carbonyl (C=O) groups excluding carboxylic acids is 2. The quantitative estimate of drug-likeness (QED) is 0.602. The van der Waals surface area contributed by atoms with Crippen LogP contribution < -0.4 is 5.32 Å². The molecule has 1 N–H and O–H groups in total. The van der Waals surface area contributed by atoms with Crippen LogP contribution in [-0.2, 0) is 20.9 Å². The molecule has 1 amide bonds. The van der Waals surface area contributed by atoms with Gasteiger partial charge in [-0.15, -0.1) is 0 Å². The van der Waals surface area contributed by atoms with Crippen molar-refractivity contribution in [3.63, 3.8) is 0 Å². The zero-order valence-corrected chi connectivity index (χ0v) is 16.6. The monoisotopic (exact) mass is 369 g/mol. The highest BCUT2D eigenvalue weighted by Gasteiger charge is 2.12. The fourth-order valence-corrected chi connectivity index (χ4v) is 2.81. The van der Waals surface area contributed by atoms with Gasteiger partial charge in [0.05, 0.1) is 25.8 Å². The van der Waals surface area contributed by atoms with Crippen molar-refractivity contribution in [2.45, 2.75) is 46.7 Å². The van der Waals surface area contributed by atoms with E-state index < -0.39 is 0 Å². The van der Waals surface area contributed by atoms with Gasteiger partial charge in [-0.05, 0) is 39.3 Å². The summed E-state index contributed by atoms with van der Waals surface area (Å²) in [5.41, 5.74) is 5.20. The number of rotatable bonds is 7. The van der Waals surface area contributed by atoms with Crippen molar-refractivity contribution in [3.8, 4) is 0 Å². The number of hydrogen-bond acceptors (Lipinski definition) is 4. The van der Waals surface area contributed by atoms with E-state index in [0.29, 0.717) is 6.54 Å². The highest BCUT2D eigenvalue weighted by molar-refractivity contribution is 5.92. The standard InChI is InChI=1S/C21H27N3O3/c1-14-6-8-18(9-7-14)13-24-17(4)19(16(3)23-24)10-11-20(25)22-15(2)12-21(26)27-5/h6-11,15H,12-13H2,1-5H3,(H,22,25)/b11-10+. The van der Waals surface area contributed by atoms with Gasteiger partial charge in [-0.1, -0.05) is 29.8 Å². The van der Waals surface area contributed by atoms with Crippen LogP contribution in [0.15, 0.2) is 30.3 Å². The van der Waals surface area contributed by atoms with Crippen molar-refractivity contribution in [3.05, 3.63) is 58.4 Å². The van der Waals surface area contributed by atoms with Crippen LogP contribution >= 0.6 is 0 Å². The molecule has 0 aliphatic carbocycles. The van der Waals surface area contributed by atoms with Gasteiger partial charge in [-0.2, -0.15) is 5.10 Å². The number of amides is 1. The third-order valence-corrected chi connectivity index (χ3v) is 4.38. The molecule has 1 aromatic heterocycles. The summed E-state index contributed by atoms with van der Waals surface area (Å²) >= 11 is 0. The molecule has 0 saturated carbocycles. The molecular weight excluding hydrogens is 342 g/mol. The van der Waals surface area contributed by atoms with E-state index in [4.69, 9.17) is 0 Å². The molecule has 6 heteroatoms. The number of nitrogens with zero attached hydrogens (tertiary/aromatic N) is 2. The van der Waals surface area contributed by atoms with Crippen LogP contribution in [0.4, 0.5) is 0 Å². The number of benzene rings is 1. The molecule has 144 valence electrons. The fourth-order valence-electron chi connectivity index (χ4n) is 2.81. The van der Waals surface area contributed by atoms with Crippen LogP contribution in [0.25, 0.3) is 6.08 Å². The lowest BCUT2D eigenvalue weighted by atomic mass is 10.1. The molecule has 0 spiro atoms. The molecule has 0 radical (unpaired) electrons. The second kappa shape index (κ2) is 9.16. The van der Waals surface area contributed by atoms with Crippen molar-refractivity contribution in [2.75, 3.05) is 7.11 Å². The predicted octanol–water partition coefficient (Wildman–Crippen LogP) is 2.94. The molecule has 1 unspecified atom stereocenters. The number of esters is 1. The zero-order valence-electron chi connectivity index (χ0n) is 16.6. The molecule has 27 heavy (non-hydrogen) atoms. The Morgan fingerprint density at radius 1 is 1.22 bits per heavy atom. The Balaban J connectivity index is 2.05. The third-order valence-electron chi connectivity index (χ3n) is 4.38. The van der Waals surface area contributed by atoms with Gasteiger partial charge in [0.15, 0.2) is 0 Å². The highest BCUT2D eigenvalue weighted by Crippen LogP contribution is 2.16. The molecule has 6 nitrogen and oxygen atoms in total. The maximum atomic E-state index is 12.1. The molecular formula is C21H27N3O3. The molecule has 0 aliphatic heterocycles. The first-order valence-electron chi connectivity index (χ1n) is 8.95. The molecule has 2 aromatic rings. The first kappa shape index (κ1) is 20.4. The lowest BCUT2D eigenvalue weighted by Gasteiger charge is -2.10. The average Bonchev–Trinajstić information content (AvgIpc) is 2.88. The van der Waals surface area contributed by atoms with E-state index in [0.717, 1.165) is 17.0 Å². The smallest absolute Gasteiger partial charge is 0.307 e. The third kappa shape index (κ3) is 5.81. The van der Waals surface area contributed by atoms with Crippen LogP contribution in [0.5, 0.6) is 0 Å². The first-order valence-corrected chi connectivity index (χ1v) is 8.95. The summed E-state index contributed by atoms with van der Waals surface area (Å²) in [4.78, 5) is 23.3. The van der Waals surface area contributed by atoms with E-state index in [2.05, 4.69) is 46.3 Å². The Hall–Kier alpha value is -2.89. The topological polar surface area (TPSA) is 73.2 Å². The SMILES string of the molecule is COC(=O)CC(C)NC(=O)/C=C/c1c(C)nn(Cc2ccc(C)cc2)c1C. The number of methoxy groups -OCH3 is 1. The summed E-state index contributed by atoms with van der Waals surface area (Å²) < 4.78 is 6.54. The second-order valence-corrected chi connectivity index (χ2v) is 6.75. The number of aromatic nitrogens is 2. The van der Waals surface area contributed by atoms with E-state index in [1.54, 1.807) is 13.0 Å². The Morgan fingerprint density at radius 2 is 1.89 bits per heavy atom. The second-order valence-electron chi connectivity index (χ2n) is 6.75. The number of carbonyl (C=O) groups is 2. The van der Waals surface area contributed by atoms with Gasteiger partial charge in [-0.3, -0.25) is 14.3 Å². The largest absolute Gasteiger partial charge is 0.469 e. The van der Waals surface area contributed by atoms with E-state index in [1.807, 2.05) is 18.5 Å². The van der Waals surface area contributed by atoms with Crippen molar-refractivity contribution in [1.82, 2.24) is 15.1 Å². The van der Waals surface area contributed by atoms with Gasteiger partial charge in [0.25, 0.3) is 0 Å². The number of hydrogen-bond donors (Lipinski definition) is 1. The fraction of sp³-hybridized carbons (Fsp3) is 0.381. The number of ether oxygens (including phenoxy) is 1. The molecule has 1 atom stereocenters. The predicted molar refractivity (Wildman–Crippen MR) is 105 cm³/mol. The van der Waals surface area contributed by atoms with Gasteiger partial charge in [0, 0.05) is 23.4 Å². The Kier molecular flexibility index (Phi) is 6.93. The summed E-state index contributed by atoms with van der Waals surface area (Å²) in [5.74, 6) is -0.604. The van der Waals surface area contributed by atoms with E-state index in [1.165, 1.54) is 24.3 Å². The molecule has 0 saturated heterocycles. The van der Waals surface area contributed by atoms with Crippen LogP contribution in [0.2, 0.25) is 0 Å². The number of nitrogens with one attached hydrogen (secondary N) is 1. The Morgan fingerprint density at radius 3 is 2.52 bits per heavy atom. The van der Waals surface area contributed by atoms with Crippen LogP contribution in [-0.4, -0.2) is 34.8 Å². The van der Waals surface area contributed by atoms with Crippen molar-refractivity contribution in [1.29, 1.82) is 0 Å². The molecule has 0 fully saturated rings. The van der Waals surface area contributed by atoms with Gasteiger partial charge in [-0.25, -0.2) is 0 Å². The summed E-state index contributed by atoms with van der Waals surface area (Å²) in [7, 11) is 1.33. The zero-order chi connectivity index (χ0) is 20.0. The normalized spacial score (nSPS) is 12.2. The molecule has 2 rings (SSSR count). The molecule has 1 aromatic carbocycles. The van der Waals surface area contributed by atoms with Crippen molar-refractivity contribution < 1.29 is 14.3 Å². The summed E-state index contributed by atoms with van der Waals surface area (Å²) in [6.45, 7) is 8.43. The van der Waals surface area contributed by atoms with Gasteiger partial charge in [0.1, 0.15) is 0 Å². The molecule has 0 aliphatic rings. The summed E-state index contributed by atoms with van der Waals surface area (Å²) in [5, 5.41) is 7.34. The molecule has 0 bridgehead atoms. The number of aryl methyl sites for hydroxylation is 2. The van der Waals surface area contributed by atoms with E-state index in [-0.39, 0.29) is 24.3 Å². The van der Waals surface area contributed by atoms with Crippen LogP contribution in [0, 0.1) is 20.8 Å². The van der Waals surface area contributed by atoms with Gasteiger partial charge >= 0.3 is 5.97 Å². The van der Waals surface area contributed by atoms with Crippen LogP contribution in [0.1, 0.15) is 41.4 Å². The van der Waals surface area contributed by atoms with Crippen molar-refractivity contribution >= 4 is 18.0 Å². The molecule has 1 heterocycles. The highest BCUT2D eigenvalue weighted by atomic mass is 16.5. The maximum Gasteiger partial charge on any atom is 0.307 e. The summed E-state index contributed by atoms with van der Waals surface area (Å²) in [6, 6.07) is 8.07. The van der Waals surface area contributed by atoms with E-state index >= 15 is 0 Å². The lowest BCUT2D eigenvalue weighted by Crippen LogP contribution is -2.33. The minimum Gasteiger partial charge on any atom is -0.469 e. The first-order chi connectivity index (χ1) is 12.8. The van der Waals surface area contributed by atoms with Gasteiger partial charge in [0.2, 0.25) is 5.91 Å².